The van der Waals surface area contributed by atoms with E-state index < -0.39 is 10.8 Å². The minimum Gasteiger partial charge on any atom is -0.373 e. The fraction of sp³-hybridized carbons (Fsp3) is 0.533. The van der Waals surface area contributed by atoms with E-state index >= 15 is 0 Å². The molecule has 4 atom stereocenters. The lowest BCUT2D eigenvalue weighted by Crippen LogP contribution is -2.48. The SMILES string of the molecule is C[C@@]12C(=O)N(c3ccc(Cl)cn3)C(=O)[C@]1(C)[C@H]1CC[C@@H]2O1. The molecule has 4 heterocycles. The number of carbonyl (C=O) groups excluding carboxylic acids is 2. The molecule has 0 N–H and O–H groups in total. The van der Waals surface area contributed by atoms with Gasteiger partial charge in [0.15, 0.2) is 0 Å². The monoisotopic (exact) mass is 306 g/mol. The number of fused-ring (bicyclic) bond motifs is 5. The summed E-state index contributed by atoms with van der Waals surface area (Å²) in [5.41, 5.74) is -1.59. The van der Waals surface area contributed by atoms with E-state index in [1.807, 2.05) is 13.8 Å². The molecule has 6 heteroatoms. The van der Waals surface area contributed by atoms with E-state index in [1.165, 1.54) is 11.1 Å². The van der Waals surface area contributed by atoms with E-state index in [4.69, 9.17) is 16.3 Å². The Morgan fingerprint density at radius 1 is 1.19 bits per heavy atom. The molecular weight excluding hydrogens is 292 g/mol. The molecule has 21 heavy (non-hydrogen) atoms. The van der Waals surface area contributed by atoms with Crippen LogP contribution in [0, 0.1) is 10.8 Å². The molecule has 2 bridgehead atoms. The van der Waals surface area contributed by atoms with E-state index in [-0.39, 0.29) is 24.0 Å². The highest BCUT2D eigenvalue weighted by Gasteiger charge is 2.77. The highest BCUT2D eigenvalue weighted by molar-refractivity contribution is 6.30. The third kappa shape index (κ3) is 1.30. The summed E-state index contributed by atoms with van der Waals surface area (Å²) >= 11 is 5.83. The van der Waals surface area contributed by atoms with Gasteiger partial charge < -0.3 is 4.74 Å². The van der Waals surface area contributed by atoms with Crippen molar-refractivity contribution in [3.63, 3.8) is 0 Å². The van der Waals surface area contributed by atoms with Crippen LogP contribution in [-0.2, 0) is 14.3 Å². The number of halogens is 1. The van der Waals surface area contributed by atoms with Gasteiger partial charge in [-0.3, -0.25) is 9.59 Å². The molecule has 1 aromatic heterocycles. The van der Waals surface area contributed by atoms with Crippen molar-refractivity contribution < 1.29 is 14.3 Å². The maximum atomic E-state index is 13.0. The fourth-order valence-electron chi connectivity index (χ4n) is 4.14. The van der Waals surface area contributed by atoms with E-state index in [1.54, 1.807) is 12.1 Å². The lowest BCUT2D eigenvalue weighted by atomic mass is 9.59. The van der Waals surface area contributed by atoms with E-state index in [0.717, 1.165) is 12.8 Å². The first-order chi connectivity index (χ1) is 9.90. The van der Waals surface area contributed by atoms with Gasteiger partial charge in [0.1, 0.15) is 5.82 Å². The second kappa shape index (κ2) is 3.84. The molecule has 2 amide bonds. The number of anilines is 1. The van der Waals surface area contributed by atoms with Gasteiger partial charge in [0.2, 0.25) is 11.8 Å². The van der Waals surface area contributed by atoms with Crippen LogP contribution in [-0.4, -0.2) is 29.0 Å². The number of rotatable bonds is 1. The number of carbonyl (C=O) groups is 2. The van der Waals surface area contributed by atoms with Gasteiger partial charge in [0.25, 0.3) is 0 Å². The lowest BCUT2D eigenvalue weighted by Gasteiger charge is -2.36. The highest BCUT2D eigenvalue weighted by Crippen LogP contribution is 2.64. The number of hydrogen-bond acceptors (Lipinski definition) is 4. The Hall–Kier alpha value is -1.46. The molecule has 3 aliphatic rings. The molecule has 0 saturated carbocycles. The molecule has 4 rings (SSSR count). The Morgan fingerprint density at radius 3 is 2.24 bits per heavy atom. The summed E-state index contributed by atoms with van der Waals surface area (Å²) in [5.74, 6) is -0.0836. The molecule has 3 saturated heterocycles. The Kier molecular flexibility index (Phi) is 2.42. The van der Waals surface area contributed by atoms with Crippen molar-refractivity contribution in [2.45, 2.75) is 38.9 Å². The van der Waals surface area contributed by atoms with Gasteiger partial charge in [-0.25, -0.2) is 9.88 Å². The summed E-state index contributed by atoms with van der Waals surface area (Å²) in [6, 6.07) is 3.24. The number of nitrogens with zero attached hydrogens (tertiary/aromatic N) is 2. The van der Waals surface area contributed by atoms with Crippen LogP contribution in [0.1, 0.15) is 26.7 Å². The van der Waals surface area contributed by atoms with Gasteiger partial charge in [-0.2, -0.15) is 0 Å². The molecule has 5 nitrogen and oxygen atoms in total. The number of hydrogen-bond donors (Lipinski definition) is 0. The highest BCUT2D eigenvalue weighted by atomic mass is 35.5. The maximum Gasteiger partial charge on any atom is 0.244 e. The predicted molar refractivity (Wildman–Crippen MR) is 75.8 cm³/mol. The van der Waals surface area contributed by atoms with Crippen molar-refractivity contribution in [3.05, 3.63) is 23.4 Å². The molecule has 0 spiro atoms. The topological polar surface area (TPSA) is 59.5 Å². The number of imide groups is 1. The number of amides is 2. The van der Waals surface area contributed by atoms with Gasteiger partial charge in [-0.15, -0.1) is 0 Å². The minimum absolute atomic E-state index is 0.179. The number of pyridine rings is 1. The van der Waals surface area contributed by atoms with Crippen LogP contribution in [0.2, 0.25) is 5.02 Å². The number of ether oxygens (including phenoxy) is 1. The van der Waals surface area contributed by atoms with Crippen LogP contribution in [0.25, 0.3) is 0 Å². The molecule has 3 fully saturated rings. The molecule has 1 aromatic rings. The second-order valence-corrected chi connectivity index (χ2v) is 6.81. The fourth-order valence-corrected chi connectivity index (χ4v) is 4.25. The summed E-state index contributed by atoms with van der Waals surface area (Å²) in [7, 11) is 0. The first kappa shape index (κ1) is 13.2. The summed E-state index contributed by atoms with van der Waals surface area (Å²) in [6.07, 6.45) is 2.75. The van der Waals surface area contributed by atoms with Gasteiger partial charge in [0, 0.05) is 6.20 Å². The van der Waals surface area contributed by atoms with Crippen molar-refractivity contribution in [1.82, 2.24) is 4.98 Å². The Balaban J connectivity index is 1.85. The smallest absolute Gasteiger partial charge is 0.244 e. The van der Waals surface area contributed by atoms with Gasteiger partial charge in [-0.1, -0.05) is 11.6 Å². The zero-order valence-corrected chi connectivity index (χ0v) is 12.6. The first-order valence-corrected chi connectivity index (χ1v) is 7.44. The van der Waals surface area contributed by atoms with Crippen LogP contribution < -0.4 is 4.90 Å². The van der Waals surface area contributed by atoms with Crippen molar-refractivity contribution >= 4 is 29.2 Å². The van der Waals surface area contributed by atoms with Gasteiger partial charge in [-0.05, 0) is 38.8 Å². The first-order valence-electron chi connectivity index (χ1n) is 7.06. The Labute approximate surface area is 127 Å². The van der Waals surface area contributed by atoms with Crippen molar-refractivity contribution in [2.24, 2.45) is 10.8 Å². The quantitative estimate of drug-likeness (QED) is 0.746. The molecule has 0 aliphatic carbocycles. The van der Waals surface area contributed by atoms with Crippen LogP contribution >= 0.6 is 11.6 Å². The maximum absolute atomic E-state index is 13.0. The molecular formula is C15H15ClN2O3. The van der Waals surface area contributed by atoms with Crippen LogP contribution in [0.15, 0.2) is 18.3 Å². The predicted octanol–water partition coefficient (Wildman–Crippen LogP) is 2.18. The average molecular weight is 307 g/mol. The van der Waals surface area contributed by atoms with Gasteiger partial charge >= 0.3 is 0 Å². The normalized spacial score (nSPS) is 41.0. The zero-order chi connectivity index (χ0) is 15.0. The summed E-state index contributed by atoms with van der Waals surface area (Å²) in [5, 5.41) is 0.471. The lowest BCUT2D eigenvalue weighted by molar-refractivity contribution is -0.132. The average Bonchev–Trinajstić information content (AvgIpc) is 3.07. The van der Waals surface area contributed by atoms with Crippen molar-refractivity contribution in [3.8, 4) is 0 Å². The Bertz CT molecular complexity index is 627. The Morgan fingerprint density at radius 2 is 1.76 bits per heavy atom. The summed E-state index contributed by atoms with van der Waals surface area (Å²) in [4.78, 5) is 31.2. The summed E-state index contributed by atoms with van der Waals surface area (Å²) < 4.78 is 5.88. The zero-order valence-electron chi connectivity index (χ0n) is 11.8. The molecule has 0 radical (unpaired) electrons. The third-order valence-electron chi connectivity index (χ3n) is 5.62. The van der Waals surface area contributed by atoms with Crippen molar-refractivity contribution in [1.29, 1.82) is 0 Å². The van der Waals surface area contributed by atoms with Crippen LogP contribution in [0.3, 0.4) is 0 Å². The molecule has 0 aromatic carbocycles. The van der Waals surface area contributed by atoms with E-state index in [9.17, 15) is 9.59 Å². The van der Waals surface area contributed by atoms with Crippen LogP contribution in [0.5, 0.6) is 0 Å². The molecule has 0 unspecified atom stereocenters. The second-order valence-electron chi connectivity index (χ2n) is 6.38. The van der Waals surface area contributed by atoms with Crippen molar-refractivity contribution in [2.75, 3.05) is 4.90 Å². The minimum atomic E-state index is -0.797. The van der Waals surface area contributed by atoms with E-state index in [0.29, 0.717) is 10.8 Å². The number of aromatic nitrogens is 1. The third-order valence-corrected chi connectivity index (χ3v) is 5.85. The largest absolute Gasteiger partial charge is 0.373 e. The molecule has 110 valence electrons. The van der Waals surface area contributed by atoms with Gasteiger partial charge in [0.05, 0.1) is 28.1 Å². The molecule has 3 aliphatic heterocycles. The van der Waals surface area contributed by atoms with E-state index in [2.05, 4.69) is 4.98 Å². The standard InChI is InChI=1S/C15H15ClN2O3/c1-14-9-4-5-10(21-9)15(14,2)13(20)18(12(14)19)11-6-3-8(16)7-17-11/h3,6-7,9-10H,4-5H2,1-2H3/t9-,10+,14+,15-. The van der Waals surface area contributed by atoms with Crippen LogP contribution in [0.4, 0.5) is 5.82 Å². The summed E-state index contributed by atoms with van der Waals surface area (Å²) in [6.45, 7) is 3.71.